The van der Waals surface area contributed by atoms with Gasteiger partial charge in [0, 0.05) is 28.8 Å². The number of aryl methyl sites for hydroxylation is 1. The lowest BCUT2D eigenvalue weighted by Crippen LogP contribution is -2.30. The molecule has 0 aliphatic rings. The summed E-state index contributed by atoms with van der Waals surface area (Å²) < 4.78 is 7.57. The highest BCUT2D eigenvalue weighted by Gasteiger charge is 2.15. The number of hydrogen-bond acceptors (Lipinski definition) is 3. The van der Waals surface area contributed by atoms with E-state index in [1.165, 1.54) is 0 Å². The van der Waals surface area contributed by atoms with Crippen molar-refractivity contribution in [3.8, 4) is 11.4 Å². The van der Waals surface area contributed by atoms with Gasteiger partial charge in [-0.25, -0.2) is 4.98 Å². The predicted octanol–water partition coefficient (Wildman–Crippen LogP) is 4.24. The lowest BCUT2D eigenvalue weighted by Gasteiger charge is -2.15. The molecule has 128 valence electrons. The molecule has 0 fully saturated rings. The predicted molar refractivity (Wildman–Crippen MR) is 98.5 cm³/mol. The summed E-state index contributed by atoms with van der Waals surface area (Å²) in [5, 5.41) is 3.51. The van der Waals surface area contributed by atoms with Crippen LogP contribution in [0.2, 0.25) is 5.02 Å². The van der Waals surface area contributed by atoms with Crippen molar-refractivity contribution in [2.75, 3.05) is 5.32 Å². The number of nitrogens with one attached hydrogen (secondary N) is 1. The molecule has 1 aromatic heterocycles. The van der Waals surface area contributed by atoms with Gasteiger partial charge in [0.25, 0.3) is 5.91 Å². The van der Waals surface area contributed by atoms with Crippen LogP contribution in [0.1, 0.15) is 12.5 Å². The van der Waals surface area contributed by atoms with E-state index in [0.29, 0.717) is 16.5 Å². The lowest BCUT2D eigenvalue weighted by atomic mass is 10.2. The molecule has 0 aliphatic carbocycles. The Morgan fingerprint density at radius 3 is 2.64 bits per heavy atom. The average Bonchev–Trinajstić information content (AvgIpc) is 3.13. The first-order valence-electron chi connectivity index (χ1n) is 7.85. The summed E-state index contributed by atoms with van der Waals surface area (Å²) in [6.07, 6.45) is 4.66. The molecule has 0 aliphatic heterocycles. The Morgan fingerprint density at radius 1 is 1.24 bits per heavy atom. The van der Waals surface area contributed by atoms with Crippen molar-refractivity contribution in [1.82, 2.24) is 9.55 Å². The Hall–Kier alpha value is -2.79. The van der Waals surface area contributed by atoms with Gasteiger partial charge in [-0.3, -0.25) is 4.79 Å². The number of anilines is 1. The van der Waals surface area contributed by atoms with E-state index in [2.05, 4.69) is 10.3 Å². The van der Waals surface area contributed by atoms with Crippen LogP contribution in [0.5, 0.6) is 5.75 Å². The number of rotatable bonds is 5. The maximum atomic E-state index is 12.3. The molecule has 6 heteroatoms. The number of aromatic nitrogens is 2. The minimum atomic E-state index is -0.631. The van der Waals surface area contributed by atoms with Crippen LogP contribution < -0.4 is 10.1 Å². The summed E-state index contributed by atoms with van der Waals surface area (Å²) in [7, 11) is 0. The van der Waals surface area contributed by atoms with E-state index in [9.17, 15) is 4.79 Å². The number of nitrogens with zero attached hydrogens (tertiary/aromatic N) is 2. The Kier molecular flexibility index (Phi) is 5.05. The molecular weight excluding hydrogens is 338 g/mol. The molecule has 0 saturated heterocycles. The van der Waals surface area contributed by atoms with Gasteiger partial charge in [-0.15, -0.1) is 0 Å². The van der Waals surface area contributed by atoms with Gasteiger partial charge in [0.05, 0.1) is 6.33 Å². The first-order valence-corrected chi connectivity index (χ1v) is 8.23. The molecule has 3 aromatic rings. The highest BCUT2D eigenvalue weighted by atomic mass is 35.5. The van der Waals surface area contributed by atoms with E-state index in [4.69, 9.17) is 16.3 Å². The molecule has 0 bridgehead atoms. The molecule has 3 rings (SSSR count). The number of hydrogen-bond donors (Lipinski definition) is 1. The molecule has 1 N–H and O–H groups in total. The third kappa shape index (κ3) is 4.19. The number of halogens is 1. The molecule has 0 radical (unpaired) electrons. The minimum Gasteiger partial charge on any atom is -0.481 e. The van der Waals surface area contributed by atoms with E-state index in [1.54, 1.807) is 31.6 Å². The van der Waals surface area contributed by atoms with Crippen molar-refractivity contribution in [2.45, 2.75) is 20.0 Å². The zero-order chi connectivity index (χ0) is 17.8. The molecule has 1 atom stereocenters. The van der Waals surface area contributed by atoms with Gasteiger partial charge < -0.3 is 14.6 Å². The van der Waals surface area contributed by atoms with Crippen molar-refractivity contribution >= 4 is 23.2 Å². The third-order valence-corrected chi connectivity index (χ3v) is 4.17. The van der Waals surface area contributed by atoms with Crippen LogP contribution in [0.25, 0.3) is 5.69 Å². The van der Waals surface area contributed by atoms with Gasteiger partial charge in [-0.1, -0.05) is 11.6 Å². The second-order valence-corrected chi connectivity index (χ2v) is 6.08. The Balaban J connectivity index is 1.62. The molecule has 0 spiro atoms. The van der Waals surface area contributed by atoms with Crippen molar-refractivity contribution in [3.05, 3.63) is 71.8 Å². The van der Waals surface area contributed by atoms with Crippen LogP contribution in [-0.2, 0) is 4.79 Å². The zero-order valence-electron chi connectivity index (χ0n) is 13.9. The molecule has 1 heterocycles. The molecule has 2 aromatic carbocycles. The second kappa shape index (κ2) is 7.40. The molecule has 5 nitrogen and oxygen atoms in total. The van der Waals surface area contributed by atoms with Gasteiger partial charge >= 0.3 is 0 Å². The van der Waals surface area contributed by atoms with Crippen LogP contribution in [0, 0.1) is 6.92 Å². The molecule has 0 saturated carbocycles. The maximum Gasteiger partial charge on any atom is 0.265 e. The smallest absolute Gasteiger partial charge is 0.265 e. The second-order valence-electron chi connectivity index (χ2n) is 5.68. The highest BCUT2D eigenvalue weighted by molar-refractivity contribution is 6.31. The van der Waals surface area contributed by atoms with Crippen molar-refractivity contribution < 1.29 is 9.53 Å². The van der Waals surface area contributed by atoms with Crippen LogP contribution in [-0.4, -0.2) is 21.6 Å². The highest BCUT2D eigenvalue weighted by Crippen LogP contribution is 2.22. The number of carbonyl (C=O) groups is 1. The number of amides is 1. The van der Waals surface area contributed by atoms with Crippen molar-refractivity contribution in [1.29, 1.82) is 0 Å². The van der Waals surface area contributed by atoms with E-state index in [-0.39, 0.29) is 5.91 Å². The summed E-state index contributed by atoms with van der Waals surface area (Å²) in [6, 6.07) is 12.8. The first-order chi connectivity index (χ1) is 12.0. The van der Waals surface area contributed by atoms with E-state index >= 15 is 0 Å². The minimum absolute atomic E-state index is 0.219. The monoisotopic (exact) mass is 355 g/mol. The van der Waals surface area contributed by atoms with Crippen molar-refractivity contribution in [3.63, 3.8) is 0 Å². The summed E-state index contributed by atoms with van der Waals surface area (Å²) in [5.41, 5.74) is 2.58. The fourth-order valence-electron chi connectivity index (χ4n) is 2.32. The number of ether oxygens (including phenoxy) is 1. The van der Waals surface area contributed by atoms with E-state index < -0.39 is 6.10 Å². The normalized spacial score (nSPS) is 11.8. The van der Waals surface area contributed by atoms with Gasteiger partial charge in [0.1, 0.15) is 5.75 Å². The standard InChI is InChI=1S/C19H18ClN3O2/c1-13-11-17(7-8-18(13)20)25-14(2)19(24)22-15-3-5-16(6-4-15)23-10-9-21-12-23/h3-12,14H,1-2H3,(H,22,24). The molecule has 1 amide bonds. The largest absolute Gasteiger partial charge is 0.481 e. The van der Waals surface area contributed by atoms with Gasteiger partial charge in [0.2, 0.25) is 0 Å². The van der Waals surface area contributed by atoms with Crippen LogP contribution in [0.15, 0.2) is 61.2 Å². The van der Waals surface area contributed by atoms with Crippen LogP contribution in [0.4, 0.5) is 5.69 Å². The molecule has 25 heavy (non-hydrogen) atoms. The van der Waals surface area contributed by atoms with E-state index in [1.807, 2.05) is 48.0 Å². The maximum absolute atomic E-state index is 12.3. The van der Waals surface area contributed by atoms with Gasteiger partial charge in [-0.2, -0.15) is 0 Å². The quantitative estimate of drug-likeness (QED) is 0.744. The Labute approximate surface area is 151 Å². The molecule has 1 unspecified atom stereocenters. The number of benzene rings is 2. The lowest BCUT2D eigenvalue weighted by molar-refractivity contribution is -0.122. The van der Waals surface area contributed by atoms with Crippen LogP contribution >= 0.6 is 11.6 Å². The molecular formula is C19H18ClN3O2. The first kappa shape index (κ1) is 17.0. The zero-order valence-corrected chi connectivity index (χ0v) is 14.7. The topological polar surface area (TPSA) is 56.1 Å². The number of carbonyl (C=O) groups excluding carboxylic acids is 1. The fraction of sp³-hybridized carbons (Fsp3) is 0.158. The number of imidazole rings is 1. The summed E-state index contributed by atoms with van der Waals surface area (Å²) in [4.78, 5) is 16.3. The fourth-order valence-corrected chi connectivity index (χ4v) is 2.44. The average molecular weight is 356 g/mol. The van der Waals surface area contributed by atoms with Gasteiger partial charge in [0.15, 0.2) is 6.10 Å². The summed E-state index contributed by atoms with van der Waals surface area (Å²) >= 11 is 6.00. The Bertz CT molecular complexity index is 861. The van der Waals surface area contributed by atoms with E-state index in [0.717, 1.165) is 11.3 Å². The Morgan fingerprint density at radius 2 is 2.00 bits per heavy atom. The van der Waals surface area contributed by atoms with Crippen LogP contribution in [0.3, 0.4) is 0 Å². The third-order valence-electron chi connectivity index (χ3n) is 3.75. The summed E-state index contributed by atoms with van der Waals surface area (Å²) in [6.45, 7) is 3.60. The summed E-state index contributed by atoms with van der Waals surface area (Å²) in [5.74, 6) is 0.392. The van der Waals surface area contributed by atoms with Gasteiger partial charge in [-0.05, 0) is 61.9 Å². The SMILES string of the molecule is Cc1cc(OC(C)C(=O)Nc2ccc(-n3ccnc3)cc2)ccc1Cl. The van der Waals surface area contributed by atoms with Crippen molar-refractivity contribution in [2.24, 2.45) is 0 Å².